The largest absolute Gasteiger partial charge is 0.450 e. The first-order valence-electron chi connectivity index (χ1n) is 5.91. The van der Waals surface area contributed by atoms with Crippen LogP contribution in [0.1, 0.15) is 30.5 Å². The minimum atomic E-state index is -0.568. The Morgan fingerprint density at radius 1 is 1.53 bits per heavy atom. The third-order valence-corrected chi connectivity index (χ3v) is 2.91. The number of benzene rings is 1. The molecule has 0 bridgehead atoms. The quantitative estimate of drug-likeness (QED) is 0.839. The minimum Gasteiger partial charge on any atom is -0.450 e. The molecule has 0 fully saturated rings. The maximum absolute atomic E-state index is 11.5. The number of carbonyl (C=O) groups excluding carboxylic acids is 1. The second-order valence-corrected chi connectivity index (χ2v) is 4.23. The standard InChI is InChI=1S/C13H17NO3/c1-2-7-17-13(16)14-12-10-6-4-3-5-9(10)8-11(12)15/h3-6,11-12,15H,2,7-8H2,1H3,(H,14,16)/t11-,12+/m1/s1. The molecule has 1 amide bonds. The predicted molar refractivity (Wildman–Crippen MR) is 63.7 cm³/mol. The Morgan fingerprint density at radius 2 is 2.29 bits per heavy atom. The van der Waals surface area contributed by atoms with Gasteiger partial charge in [0.2, 0.25) is 0 Å². The van der Waals surface area contributed by atoms with Crippen molar-refractivity contribution in [2.75, 3.05) is 6.61 Å². The van der Waals surface area contributed by atoms with Crippen LogP contribution in [0.3, 0.4) is 0 Å². The summed E-state index contributed by atoms with van der Waals surface area (Å²) in [5, 5.41) is 12.6. The lowest BCUT2D eigenvalue weighted by molar-refractivity contribution is 0.112. The van der Waals surface area contributed by atoms with Gasteiger partial charge in [0.15, 0.2) is 0 Å². The molecular formula is C13H17NO3. The lowest BCUT2D eigenvalue weighted by Crippen LogP contribution is -2.34. The average Bonchev–Trinajstić information content (AvgIpc) is 2.64. The first-order chi connectivity index (χ1) is 8.22. The molecule has 17 heavy (non-hydrogen) atoms. The van der Waals surface area contributed by atoms with Gasteiger partial charge in [-0.1, -0.05) is 31.2 Å². The van der Waals surface area contributed by atoms with Gasteiger partial charge in [-0.25, -0.2) is 4.79 Å². The Hall–Kier alpha value is -1.55. The summed E-state index contributed by atoms with van der Waals surface area (Å²) in [5.74, 6) is 0. The van der Waals surface area contributed by atoms with Crippen LogP contribution in [-0.4, -0.2) is 23.9 Å². The molecular weight excluding hydrogens is 218 g/mol. The number of fused-ring (bicyclic) bond motifs is 1. The number of nitrogens with one attached hydrogen (secondary N) is 1. The number of amides is 1. The van der Waals surface area contributed by atoms with Gasteiger partial charge in [0, 0.05) is 6.42 Å². The van der Waals surface area contributed by atoms with Crippen LogP contribution in [0.25, 0.3) is 0 Å². The van der Waals surface area contributed by atoms with E-state index in [2.05, 4.69) is 5.32 Å². The van der Waals surface area contributed by atoms with Crippen LogP contribution in [0.15, 0.2) is 24.3 Å². The average molecular weight is 235 g/mol. The predicted octanol–water partition coefficient (Wildman–Crippen LogP) is 1.78. The van der Waals surface area contributed by atoms with Gasteiger partial charge in [0.25, 0.3) is 0 Å². The van der Waals surface area contributed by atoms with Crippen LogP contribution in [0.5, 0.6) is 0 Å². The van der Waals surface area contributed by atoms with E-state index in [-0.39, 0.29) is 6.04 Å². The number of carbonyl (C=O) groups is 1. The number of rotatable bonds is 3. The van der Waals surface area contributed by atoms with Gasteiger partial charge in [-0.3, -0.25) is 0 Å². The number of ether oxygens (including phenoxy) is 1. The van der Waals surface area contributed by atoms with Gasteiger partial charge < -0.3 is 15.2 Å². The molecule has 0 saturated heterocycles. The topological polar surface area (TPSA) is 58.6 Å². The van der Waals surface area contributed by atoms with E-state index in [9.17, 15) is 9.90 Å². The molecule has 4 heteroatoms. The molecule has 4 nitrogen and oxygen atoms in total. The zero-order chi connectivity index (χ0) is 12.3. The van der Waals surface area contributed by atoms with Crippen LogP contribution in [0, 0.1) is 0 Å². The second-order valence-electron chi connectivity index (χ2n) is 4.23. The number of aliphatic hydroxyl groups is 1. The molecule has 1 aromatic rings. The third kappa shape index (κ3) is 2.58. The van der Waals surface area contributed by atoms with E-state index in [1.807, 2.05) is 31.2 Å². The third-order valence-electron chi connectivity index (χ3n) is 2.91. The number of alkyl carbamates (subject to hydrolysis) is 1. The second kappa shape index (κ2) is 5.19. The van der Waals surface area contributed by atoms with Gasteiger partial charge in [0.1, 0.15) is 0 Å². The van der Waals surface area contributed by atoms with Crippen LogP contribution < -0.4 is 5.32 Å². The number of aliphatic hydroxyl groups excluding tert-OH is 1. The monoisotopic (exact) mass is 235 g/mol. The molecule has 0 aliphatic heterocycles. The number of hydrogen-bond donors (Lipinski definition) is 2. The molecule has 2 atom stereocenters. The molecule has 1 aliphatic rings. The SMILES string of the molecule is CCCOC(=O)N[C@H]1c2ccccc2C[C@H]1O. The van der Waals surface area contributed by atoms with Crippen molar-refractivity contribution in [2.24, 2.45) is 0 Å². The summed E-state index contributed by atoms with van der Waals surface area (Å²) in [4.78, 5) is 11.5. The van der Waals surface area contributed by atoms with Crippen molar-refractivity contribution in [3.05, 3.63) is 35.4 Å². The van der Waals surface area contributed by atoms with E-state index in [0.717, 1.165) is 17.5 Å². The zero-order valence-electron chi connectivity index (χ0n) is 9.85. The summed E-state index contributed by atoms with van der Waals surface area (Å²) < 4.78 is 4.96. The van der Waals surface area contributed by atoms with Crippen molar-refractivity contribution >= 4 is 6.09 Å². The van der Waals surface area contributed by atoms with E-state index in [1.165, 1.54) is 0 Å². The molecule has 0 aromatic heterocycles. The summed E-state index contributed by atoms with van der Waals surface area (Å²) in [6.07, 6.45) is 0.334. The van der Waals surface area contributed by atoms with Crippen LogP contribution in [0.4, 0.5) is 4.79 Å². The maximum atomic E-state index is 11.5. The maximum Gasteiger partial charge on any atom is 0.407 e. The van der Waals surface area contributed by atoms with Gasteiger partial charge in [0.05, 0.1) is 18.8 Å². The molecule has 1 aliphatic carbocycles. The Morgan fingerprint density at radius 3 is 3.06 bits per heavy atom. The van der Waals surface area contributed by atoms with Crippen LogP contribution in [-0.2, 0) is 11.2 Å². The van der Waals surface area contributed by atoms with Gasteiger partial charge in [-0.2, -0.15) is 0 Å². The van der Waals surface area contributed by atoms with Crippen LogP contribution in [0.2, 0.25) is 0 Å². The molecule has 0 saturated carbocycles. The molecule has 0 heterocycles. The number of hydrogen-bond acceptors (Lipinski definition) is 3. The molecule has 0 unspecified atom stereocenters. The summed E-state index contributed by atoms with van der Waals surface area (Å²) in [6.45, 7) is 2.34. The van der Waals surface area contributed by atoms with Gasteiger partial charge >= 0.3 is 6.09 Å². The van der Waals surface area contributed by atoms with Crippen molar-refractivity contribution in [3.8, 4) is 0 Å². The first kappa shape index (κ1) is 11.9. The summed E-state index contributed by atoms with van der Waals surface area (Å²) >= 11 is 0. The minimum absolute atomic E-state index is 0.351. The Labute approximate surface area is 101 Å². The Balaban J connectivity index is 2.04. The molecule has 2 N–H and O–H groups in total. The lowest BCUT2D eigenvalue weighted by Gasteiger charge is -2.17. The van der Waals surface area contributed by atoms with Crippen molar-refractivity contribution in [2.45, 2.75) is 31.9 Å². The molecule has 2 rings (SSSR count). The highest BCUT2D eigenvalue weighted by molar-refractivity contribution is 5.68. The fourth-order valence-corrected chi connectivity index (χ4v) is 2.11. The van der Waals surface area contributed by atoms with Gasteiger partial charge in [-0.15, -0.1) is 0 Å². The highest BCUT2D eigenvalue weighted by atomic mass is 16.5. The summed E-state index contributed by atoms with van der Waals surface area (Å²) in [6, 6.07) is 7.38. The lowest BCUT2D eigenvalue weighted by atomic mass is 10.1. The van der Waals surface area contributed by atoms with E-state index in [0.29, 0.717) is 13.0 Å². The van der Waals surface area contributed by atoms with Crippen molar-refractivity contribution in [1.82, 2.24) is 5.32 Å². The summed E-state index contributed by atoms with van der Waals surface area (Å²) in [5.41, 5.74) is 2.06. The van der Waals surface area contributed by atoms with E-state index < -0.39 is 12.2 Å². The fourth-order valence-electron chi connectivity index (χ4n) is 2.11. The highest BCUT2D eigenvalue weighted by Gasteiger charge is 2.32. The van der Waals surface area contributed by atoms with Gasteiger partial charge in [-0.05, 0) is 17.5 Å². The molecule has 0 spiro atoms. The van der Waals surface area contributed by atoms with E-state index >= 15 is 0 Å². The normalized spacial score (nSPS) is 22.0. The summed E-state index contributed by atoms with van der Waals surface area (Å²) in [7, 11) is 0. The van der Waals surface area contributed by atoms with E-state index in [1.54, 1.807) is 0 Å². The first-order valence-corrected chi connectivity index (χ1v) is 5.91. The van der Waals surface area contributed by atoms with Crippen molar-refractivity contribution in [3.63, 3.8) is 0 Å². The van der Waals surface area contributed by atoms with Crippen LogP contribution >= 0.6 is 0 Å². The fraction of sp³-hybridized carbons (Fsp3) is 0.462. The zero-order valence-corrected chi connectivity index (χ0v) is 9.85. The molecule has 92 valence electrons. The Bertz CT molecular complexity index is 405. The molecule has 0 radical (unpaired) electrons. The molecule has 1 aromatic carbocycles. The van der Waals surface area contributed by atoms with E-state index in [4.69, 9.17) is 4.74 Å². The van der Waals surface area contributed by atoms with Crippen molar-refractivity contribution in [1.29, 1.82) is 0 Å². The highest BCUT2D eigenvalue weighted by Crippen LogP contribution is 2.31. The Kier molecular flexibility index (Phi) is 3.64. The van der Waals surface area contributed by atoms with Crippen molar-refractivity contribution < 1.29 is 14.6 Å². The smallest absolute Gasteiger partial charge is 0.407 e.